The largest absolute Gasteiger partial charge is 0.345 e. The van der Waals surface area contributed by atoms with Crippen LogP contribution in [-0.4, -0.2) is 42.1 Å². The maximum Gasteiger partial charge on any atom is 0.186 e. The van der Waals surface area contributed by atoms with Crippen molar-refractivity contribution < 1.29 is 0 Å². The molecular weight excluding hydrogens is 268 g/mol. The van der Waals surface area contributed by atoms with E-state index in [1.165, 1.54) is 4.70 Å². The molecule has 4 nitrogen and oxygen atoms in total. The zero-order valence-electron chi connectivity index (χ0n) is 12.2. The smallest absolute Gasteiger partial charge is 0.186 e. The second kappa shape index (κ2) is 5.68. The summed E-state index contributed by atoms with van der Waals surface area (Å²) in [6.07, 6.45) is 0. The highest BCUT2D eigenvalue weighted by Gasteiger charge is 2.21. The molecule has 1 aliphatic heterocycles. The zero-order valence-corrected chi connectivity index (χ0v) is 13.0. The second-order valence-corrected chi connectivity index (χ2v) is 6.63. The van der Waals surface area contributed by atoms with E-state index in [0.717, 1.165) is 42.4 Å². The summed E-state index contributed by atoms with van der Waals surface area (Å²) >= 11 is 1.79. The summed E-state index contributed by atoms with van der Waals surface area (Å²) in [5.41, 5.74) is 7.93. The van der Waals surface area contributed by atoms with Crippen molar-refractivity contribution in [2.24, 2.45) is 5.73 Å². The Balaban J connectivity index is 1.78. The van der Waals surface area contributed by atoms with Gasteiger partial charge in [-0.2, -0.15) is 0 Å². The first-order valence-corrected chi connectivity index (χ1v) is 8.07. The molecular formula is C15H22N4S. The van der Waals surface area contributed by atoms with Crippen molar-refractivity contribution in [3.8, 4) is 0 Å². The van der Waals surface area contributed by atoms with E-state index in [9.17, 15) is 0 Å². The van der Waals surface area contributed by atoms with Crippen LogP contribution in [0.4, 0.5) is 5.13 Å². The Morgan fingerprint density at radius 2 is 2.00 bits per heavy atom. The van der Waals surface area contributed by atoms with Gasteiger partial charge in [0, 0.05) is 38.8 Å². The average molecular weight is 290 g/mol. The van der Waals surface area contributed by atoms with Crippen LogP contribution >= 0.6 is 11.3 Å². The van der Waals surface area contributed by atoms with Crippen molar-refractivity contribution in [3.63, 3.8) is 0 Å². The van der Waals surface area contributed by atoms with Gasteiger partial charge in [-0.15, -0.1) is 0 Å². The molecule has 1 aromatic carbocycles. The molecule has 1 saturated heterocycles. The van der Waals surface area contributed by atoms with Gasteiger partial charge in [0.05, 0.1) is 10.2 Å². The number of aromatic nitrogens is 1. The number of nitrogens with two attached hydrogens (primary N) is 1. The zero-order chi connectivity index (χ0) is 14.1. The second-order valence-electron chi connectivity index (χ2n) is 5.62. The fraction of sp³-hybridized carbons (Fsp3) is 0.533. The van der Waals surface area contributed by atoms with E-state index in [1.54, 1.807) is 11.3 Å². The highest BCUT2D eigenvalue weighted by atomic mass is 32.1. The van der Waals surface area contributed by atoms with E-state index in [0.29, 0.717) is 12.6 Å². The molecule has 1 aromatic heterocycles. The maximum absolute atomic E-state index is 5.69. The van der Waals surface area contributed by atoms with Crippen molar-refractivity contribution in [2.45, 2.75) is 26.4 Å². The third-order valence-corrected chi connectivity index (χ3v) is 5.09. The number of thiazole rings is 1. The van der Waals surface area contributed by atoms with Gasteiger partial charge >= 0.3 is 0 Å². The number of anilines is 1. The van der Waals surface area contributed by atoms with Gasteiger partial charge in [0.2, 0.25) is 0 Å². The van der Waals surface area contributed by atoms with E-state index < -0.39 is 0 Å². The van der Waals surface area contributed by atoms with Gasteiger partial charge < -0.3 is 10.6 Å². The van der Waals surface area contributed by atoms with Crippen LogP contribution in [0, 0.1) is 0 Å². The molecule has 0 aliphatic carbocycles. The molecule has 0 amide bonds. The number of benzene rings is 1. The minimum Gasteiger partial charge on any atom is -0.345 e. The minimum atomic E-state index is 0.579. The predicted octanol–water partition coefficient (Wildman–Crippen LogP) is 2.29. The summed E-state index contributed by atoms with van der Waals surface area (Å²) in [6.45, 7) is 9.51. The summed E-state index contributed by atoms with van der Waals surface area (Å²) in [7, 11) is 0. The van der Waals surface area contributed by atoms with Crippen LogP contribution < -0.4 is 10.6 Å². The first-order chi connectivity index (χ1) is 9.67. The molecule has 108 valence electrons. The molecule has 0 spiro atoms. The number of piperazine rings is 1. The fourth-order valence-electron chi connectivity index (χ4n) is 2.65. The molecule has 20 heavy (non-hydrogen) atoms. The molecule has 0 unspecified atom stereocenters. The van der Waals surface area contributed by atoms with E-state index in [1.807, 2.05) is 0 Å². The summed E-state index contributed by atoms with van der Waals surface area (Å²) in [5, 5.41) is 1.15. The highest BCUT2D eigenvalue weighted by molar-refractivity contribution is 7.22. The Labute approximate surface area is 124 Å². The van der Waals surface area contributed by atoms with Gasteiger partial charge in [-0.25, -0.2) is 4.98 Å². The van der Waals surface area contributed by atoms with Gasteiger partial charge in [0.15, 0.2) is 5.13 Å². The molecule has 2 heterocycles. The minimum absolute atomic E-state index is 0.579. The van der Waals surface area contributed by atoms with Crippen molar-refractivity contribution in [1.82, 2.24) is 9.88 Å². The van der Waals surface area contributed by atoms with Crippen LogP contribution in [0.3, 0.4) is 0 Å². The molecule has 0 radical (unpaired) electrons. The fourth-order valence-corrected chi connectivity index (χ4v) is 3.65. The Morgan fingerprint density at radius 1 is 1.25 bits per heavy atom. The third-order valence-electron chi connectivity index (χ3n) is 3.99. The van der Waals surface area contributed by atoms with Crippen LogP contribution in [0.2, 0.25) is 0 Å². The number of hydrogen-bond donors (Lipinski definition) is 1. The number of fused-ring (bicyclic) bond motifs is 1. The van der Waals surface area contributed by atoms with Crippen molar-refractivity contribution >= 4 is 26.7 Å². The molecule has 0 atom stereocenters. The quantitative estimate of drug-likeness (QED) is 0.942. The normalized spacial score (nSPS) is 17.3. The van der Waals surface area contributed by atoms with E-state index in [4.69, 9.17) is 10.7 Å². The van der Waals surface area contributed by atoms with Crippen molar-refractivity contribution in [3.05, 3.63) is 23.8 Å². The summed E-state index contributed by atoms with van der Waals surface area (Å²) in [5.74, 6) is 0. The standard InChI is InChI=1S/C15H22N4S/c1-11(2)18-5-7-19(8-6-18)15-17-13-9-12(10-16)3-4-14(13)20-15/h3-4,9,11H,5-8,10,16H2,1-2H3. The predicted molar refractivity (Wildman–Crippen MR) is 86.4 cm³/mol. The summed E-state index contributed by atoms with van der Waals surface area (Å²) < 4.78 is 1.25. The van der Waals surface area contributed by atoms with Crippen molar-refractivity contribution in [1.29, 1.82) is 0 Å². The van der Waals surface area contributed by atoms with Crippen LogP contribution in [0.5, 0.6) is 0 Å². The van der Waals surface area contributed by atoms with Crippen LogP contribution in [0.1, 0.15) is 19.4 Å². The SMILES string of the molecule is CC(C)N1CCN(c2nc3cc(CN)ccc3s2)CC1. The molecule has 0 bridgehead atoms. The molecule has 1 fully saturated rings. The molecule has 1 aliphatic rings. The highest BCUT2D eigenvalue weighted by Crippen LogP contribution is 2.30. The monoisotopic (exact) mass is 290 g/mol. The van der Waals surface area contributed by atoms with Crippen LogP contribution in [0.25, 0.3) is 10.2 Å². The summed E-state index contributed by atoms with van der Waals surface area (Å²) in [4.78, 5) is 9.72. The molecule has 2 N–H and O–H groups in total. The first kappa shape index (κ1) is 13.8. The lowest BCUT2D eigenvalue weighted by atomic mass is 10.2. The van der Waals surface area contributed by atoms with E-state index in [2.05, 4.69) is 41.8 Å². The van der Waals surface area contributed by atoms with Gasteiger partial charge in [-0.1, -0.05) is 17.4 Å². The van der Waals surface area contributed by atoms with Gasteiger partial charge in [-0.3, -0.25) is 4.90 Å². The lowest BCUT2D eigenvalue weighted by Gasteiger charge is -2.36. The number of rotatable bonds is 3. The Hall–Kier alpha value is -1.17. The maximum atomic E-state index is 5.69. The Bertz CT molecular complexity index is 585. The molecule has 2 aromatic rings. The van der Waals surface area contributed by atoms with Gasteiger partial charge in [0.1, 0.15) is 0 Å². The number of hydrogen-bond acceptors (Lipinski definition) is 5. The third kappa shape index (κ3) is 2.66. The molecule has 3 rings (SSSR count). The van der Waals surface area contributed by atoms with E-state index in [-0.39, 0.29) is 0 Å². The topological polar surface area (TPSA) is 45.4 Å². The van der Waals surface area contributed by atoms with Gasteiger partial charge in [0.25, 0.3) is 0 Å². The van der Waals surface area contributed by atoms with Crippen LogP contribution in [-0.2, 0) is 6.54 Å². The lowest BCUT2D eigenvalue weighted by Crippen LogP contribution is -2.48. The Morgan fingerprint density at radius 3 is 2.65 bits per heavy atom. The molecule has 5 heteroatoms. The lowest BCUT2D eigenvalue weighted by molar-refractivity contribution is 0.209. The van der Waals surface area contributed by atoms with Gasteiger partial charge in [-0.05, 0) is 31.5 Å². The van der Waals surface area contributed by atoms with Crippen molar-refractivity contribution in [2.75, 3.05) is 31.1 Å². The summed E-state index contributed by atoms with van der Waals surface area (Å²) in [6, 6.07) is 6.99. The number of nitrogens with zero attached hydrogens (tertiary/aromatic N) is 3. The average Bonchev–Trinajstić information content (AvgIpc) is 2.90. The van der Waals surface area contributed by atoms with Crippen LogP contribution in [0.15, 0.2) is 18.2 Å². The Kier molecular flexibility index (Phi) is 3.92. The van der Waals surface area contributed by atoms with E-state index >= 15 is 0 Å². The first-order valence-electron chi connectivity index (χ1n) is 7.26. The molecule has 0 saturated carbocycles.